The van der Waals surface area contributed by atoms with Gasteiger partial charge in [0.15, 0.2) is 27.4 Å². The number of benzene rings is 2. The van der Waals surface area contributed by atoms with Crippen LogP contribution in [0.3, 0.4) is 0 Å². The molecule has 2 aliphatic carbocycles. The Bertz CT molecular complexity index is 2770. The molecule has 2 aromatic carbocycles. The molecule has 6 N–H and O–H groups in total. The zero-order valence-corrected chi connectivity index (χ0v) is 47.5. The molecule has 1 amide bonds. The number of methoxy groups -OCH3 is 2. The van der Waals surface area contributed by atoms with E-state index in [4.69, 9.17) is 19.1 Å². The number of azide groups is 1. The lowest BCUT2D eigenvalue weighted by Crippen LogP contribution is -2.75. The van der Waals surface area contributed by atoms with Gasteiger partial charge in [0.25, 0.3) is 5.91 Å². The molecule has 400 valence electrons. The SMILES string of the molecule is CC[C@]1(O)CCC[C@](C(=O)OC)(c2cc3c(cc2OC)N(C)[C@@H]2[C@H]3[C@H]3CCC=C[C@@]3(CC)[C@@H](O)[C@]2(O)C(=O)NCCC[Si](C)(C)O[Si](C)(C)CSc2ncc(CN=[N+]=[N-])cn2)c2[nH]c3ccccc3c2CCNC1. The number of aromatic amines is 1. The van der Waals surface area contributed by atoms with E-state index in [9.17, 15) is 15.3 Å². The number of fused-ring (bicyclic) bond motifs is 8. The van der Waals surface area contributed by atoms with Crippen molar-refractivity contribution in [3.63, 3.8) is 0 Å². The minimum absolute atomic E-state index is 0.170. The maximum Gasteiger partial charge on any atom is 0.322 e. The third-order valence-electron chi connectivity index (χ3n) is 16.8. The van der Waals surface area contributed by atoms with Gasteiger partial charge < -0.3 is 49.4 Å². The summed E-state index contributed by atoms with van der Waals surface area (Å²) in [7, 11) is 0.463. The number of carbonyl (C=O) groups excluding carboxylic acids is 2. The summed E-state index contributed by atoms with van der Waals surface area (Å²) < 4.78 is 19.2. The third-order valence-corrected chi connectivity index (χ3v) is 26.6. The summed E-state index contributed by atoms with van der Waals surface area (Å²) in [4.78, 5) is 47.6. The molecule has 0 saturated heterocycles. The first-order valence-corrected chi connectivity index (χ1v) is 33.6. The van der Waals surface area contributed by atoms with Crippen LogP contribution in [0.25, 0.3) is 21.3 Å². The van der Waals surface area contributed by atoms with Crippen molar-refractivity contribution >= 4 is 56.9 Å². The first-order chi connectivity index (χ1) is 35.3. The second kappa shape index (κ2) is 22.1. The molecule has 1 saturated carbocycles. The van der Waals surface area contributed by atoms with Gasteiger partial charge in [-0.1, -0.05) is 61.1 Å². The van der Waals surface area contributed by atoms with Crippen molar-refractivity contribution in [1.29, 1.82) is 0 Å². The van der Waals surface area contributed by atoms with Gasteiger partial charge in [0, 0.05) is 88.1 Å². The first-order valence-electron chi connectivity index (χ1n) is 26.4. The molecule has 8 rings (SSSR count). The van der Waals surface area contributed by atoms with Gasteiger partial charge in [0.2, 0.25) is 0 Å². The number of esters is 1. The molecule has 8 atom stereocenters. The number of hydrogen-bond donors (Lipinski definition) is 6. The smallest absolute Gasteiger partial charge is 0.322 e. The number of rotatable bonds is 17. The Kier molecular flexibility index (Phi) is 16.5. The summed E-state index contributed by atoms with van der Waals surface area (Å²) in [5, 5.41) is 50.7. The van der Waals surface area contributed by atoms with E-state index in [0.29, 0.717) is 74.5 Å². The number of aromatic nitrogens is 3. The molecule has 0 spiro atoms. The van der Waals surface area contributed by atoms with Crippen molar-refractivity contribution in [1.82, 2.24) is 25.6 Å². The second-order valence-electron chi connectivity index (χ2n) is 22.3. The van der Waals surface area contributed by atoms with Crippen LogP contribution in [-0.4, -0.2) is 128 Å². The number of carbonyl (C=O) groups is 2. The van der Waals surface area contributed by atoms with Gasteiger partial charge in [-0.3, -0.25) is 9.59 Å². The average Bonchev–Trinajstić information content (AvgIpc) is 3.90. The van der Waals surface area contributed by atoms with Gasteiger partial charge in [-0.05, 0) is 137 Å². The van der Waals surface area contributed by atoms with E-state index in [1.807, 2.05) is 56.1 Å². The van der Waals surface area contributed by atoms with Crippen molar-refractivity contribution in [3.05, 3.63) is 99.3 Å². The number of para-hydroxylation sites is 1. The Hall–Kier alpha value is -4.77. The first kappa shape index (κ1) is 55.5. The monoisotopic (exact) mass is 1070 g/mol. The number of hydrogen-bond acceptors (Lipinski definition) is 14. The fraction of sp³-hybridized carbons (Fsp3) is 0.593. The molecule has 0 unspecified atom stereocenters. The molecule has 4 aromatic rings. The zero-order chi connectivity index (χ0) is 53.3. The number of likely N-dealkylation sites (N-methyl/N-ethyl adjacent to an activating group) is 1. The Morgan fingerprint density at radius 1 is 1.07 bits per heavy atom. The highest BCUT2D eigenvalue weighted by Crippen LogP contribution is 2.64. The molecular formula is C54H77N9O8SSi2. The highest BCUT2D eigenvalue weighted by molar-refractivity contribution is 8.00. The summed E-state index contributed by atoms with van der Waals surface area (Å²) >= 11 is 1.55. The van der Waals surface area contributed by atoms with Gasteiger partial charge >= 0.3 is 5.97 Å². The summed E-state index contributed by atoms with van der Waals surface area (Å²) in [5.41, 5.74) is 8.59. The molecule has 4 heterocycles. The molecule has 0 bridgehead atoms. The molecular weight excluding hydrogens is 991 g/mol. The molecule has 1 fully saturated rings. The second-order valence-corrected chi connectivity index (χ2v) is 32.4. The Morgan fingerprint density at radius 3 is 2.53 bits per heavy atom. The van der Waals surface area contributed by atoms with E-state index in [1.165, 1.54) is 7.11 Å². The molecule has 17 nitrogen and oxygen atoms in total. The van der Waals surface area contributed by atoms with Crippen LogP contribution < -0.4 is 20.3 Å². The molecule has 2 aromatic heterocycles. The van der Waals surface area contributed by atoms with Gasteiger partial charge in [-0.2, -0.15) is 0 Å². The molecule has 2 aliphatic heterocycles. The molecule has 4 aliphatic rings. The number of nitrogens with zero attached hydrogens (tertiary/aromatic N) is 6. The predicted octanol–water partition coefficient (Wildman–Crippen LogP) is 8.33. The summed E-state index contributed by atoms with van der Waals surface area (Å²) in [6, 6.07) is 12.0. The molecule has 74 heavy (non-hydrogen) atoms. The number of β-amino-alcohol motifs (C(OH)–C–C–N with tert-alkyl or cyclic N) is 1. The maximum atomic E-state index is 15.2. The van der Waals surface area contributed by atoms with Crippen molar-refractivity contribution in [2.24, 2.45) is 16.4 Å². The normalized spacial score (nSPS) is 28.0. The number of amides is 1. The van der Waals surface area contributed by atoms with Crippen LogP contribution in [0.1, 0.15) is 99.1 Å². The number of nitrogens with one attached hydrogen (secondary N) is 3. The standard InChI is InChI=1S/C54H77N9O8SSi2/c1-10-51(67)22-16-24-53(49(66)70-5,45-37(21-26-56-33-51)36-18-12-13-20-41(36)61-45)40-28-38-42(29-43(40)69-4)63(3)46-44(38)39-19-14-15-23-52(39,11-2)47(64)54(46,68)48(65)57-25-17-27-73(6,7)71-74(8,9)34-72-50-58-30-35(31-59-50)32-60-62-55/h12-13,15,18,20,23,28-31,39,44,46-47,56,61,64,67-68H,10-11,14,16-17,19,21-22,24-27,32-34H2,1-9H3,(H,57,65)/t39-,44-,46-,47-,51+,52-,53+,54+/m1/s1. The lowest BCUT2D eigenvalue weighted by Gasteiger charge is -2.59. The van der Waals surface area contributed by atoms with E-state index >= 15 is 9.59 Å². The maximum absolute atomic E-state index is 15.2. The number of H-pyrrole nitrogens is 1. The molecule has 20 heteroatoms. The Balaban J connectivity index is 1.12. The topological polar surface area (TPSA) is 240 Å². The van der Waals surface area contributed by atoms with Gasteiger partial charge in [0.05, 0.1) is 32.4 Å². The summed E-state index contributed by atoms with van der Waals surface area (Å²) in [6.07, 6.45) is 11.0. The largest absolute Gasteiger partial charge is 0.496 e. The fourth-order valence-electron chi connectivity index (χ4n) is 13.3. The van der Waals surface area contributed by atoms with Crippen LogP contribution in [0.15, 0.2) is 71.2 Å². The van der Waals surface area contributed by atoms with E-state index in [-0.39, 0.29) is 19.0 Å². The van der Waals surface area contributed by atoms with Crippen molar-refractivity contribution in [2.75, 3.05) is 51.2 Å². The van der Waals surface area contributed by atoms with Gasteiger partial charge in [0.1, 0.15) is 17.3 Å². The average molecular weight is 1070 g/mol. The van der Waals surface area contributed by atoms with E-state index in [2.05, 4.69) is 80.0 Å². The minimum Gasteiger partial charge on any atom is -0.496 e. The third kappa shape index (κ3) is 10.2. The molecule has 0 radical (unpaired) electrons. The van der Waals surface area contributed by atoms with Gasteiger partial charge in [-0.25, -0.2) is 9.97 Å². The van der Waals surface area contributed by atoms with Crippen LogP contribution in [-0.2, 0) is 36.8 Å². The van der Waals surface area contributed by atoms with Crippen LogP contribution in [0, 0.1) is 11.3 Å². The van der Waals surface area contributed by atoms with Gasteiger partial charge in [-0.15, -0.1) is 0 Å². The summed E-state index contributed by atoms with van der Waals surface area (Å²) in [5.74, 6) is -1.24. The minimum atomic E-state index is -2.25. The fourth-order valence-corrected chi connectivity index (χ4v) is 23.6. The van der Waals surface area contributed by atoms with Crippen LogP contribution >= 0.6 is 11.8 Å². The van der Waals surface area contributed by atoms with E-state index in [0.717, 1.165) is 63.2 Å². The highest BCUT2D eigenvalue weighted by Gasteiger charge is 2.70. The van der Waals surface area contributed by atoms with Crippen molar-refractivity contribution in [2.45, 2.75) is 150 Å². The number of thioether (sulfide) groups is 1. The van der Waals surface area contributed by atoms with Crippen molar-refractivity contribution in [3.8, 4) is 5.75 Å². The zero-order valence-electron chi connectivity index (χ0n) is 44.7. The number of anilines is 1. The van der Waals surface area contributed by atoms with Crippen LogP contribution in [0.5, 0.6) is 5.75 Å². The van der Waals surface area contributed by atoms with E-state index < -0.39 is 68.6 Å². The number of ether oxygens (including phenoxy) is 2. The number of aliphatic hydroxyl groups excluding tert-OH is 1. The van der Waals surface area contributed by atoms with E-state index in [1.54, 1.807) is 31.3 Å². The highest BCUT2D eigenvalue weighted by atomic mass is 32.2. The number of aliphatic hydroxyl groups is 3. The Labute approximate surface area is 441 Å². The lowest BCUT2D eigenvalue weighted by molar-refractivity contribution is -0.195. The van der Waals surface area contributed by atoms with Crippen LogP contribution in [0.2, 0.25) is 32.2 Å². The summed E-state index contributed by atoms with van der Waals surface area (Å²) in [6.45, 7) is 14.3. The van der Waals surface area contributed by atoms with Crippen LogP contribution in [0.4, 0.5) is 5.69 Å². The Morgan fingerprint density at radius 2 is 1.82 bits per heavy atom. The predicted molar refractivity (Wildman–Crippen MR) is 294 cm³/mol. The number of allylic oxidation sites excluding steroid dienone is 1. The van der Waals surface area contributed by atoms with Crippen molar-refractivity contribution < 1.29 is 38.5 Å². The quantitative estimate of drug-likeness (QED) is 0.00672. The lowest BCUT2D eigenvalue weighted by atomic mass is 9.49.